The average Bonchev–Trinajstić information content (AvgIpc) is 3.01. The molecule has 1 aliphatic carbocycles. The molecule has 0 bridgehead atoms. The maximum atomic E-state index is 14.1. The summed E-state index contributed by atoms with van der Waals surface area (Å²) in [5.41, 5.74) is -2.02. The molecule has 3 heterocycles. The van der Waals surface area contributed by atoms with Crippen LogP contribution in [0.1, 0.15) is 30.7 Å². The number of rotatable bonds is 5. The van der Waals surface area contributed by atoms with Gasteiger partial charge in [-0.3, -0.25) is 4.90 Å². The zero-order valence-electron chi connectivity index (χ0n) is 16.9. The molecule has 0 amide bonds. The van der Waals surface area contributed by atoms with Crippen LogP contribution in [-0.2, 0) is 12.0 Å². The van der Waals surface area contributed by atoms with Crippen LogP contribution in [0.15, 0.2) is 34.7 Å². The average molecular weight is 422 g/mol. The van der Waals surface area contributed by atoms with E-state index in [4.69, 9.17) is 9.15 Å². The Morgan fingerprint density at radius 2 is 1.87 bits per heavy atom. The van der Waals surface area contributed by atoms with Gasteiger partial charge in [-0.25, -0.2) is 0 Å². The third kappa shape index (κ3) is 3.19. The normalized spacial score (nSPS) is 30.4. The number of nitrogens with zero attached hydrogens (tertiary/aromatic N) is 4. The summed E-state index contributed by atoms with van der Waals surface area (Å²) in [5.74, 6) is 0.0540. The summed E-state index contributed by atoms with van der Waals surface area (Å²) in [6.07, 6.45) is -2.74. The lowest BCUT2D eigenvalue weighted by Crippen LogP contribution is -2.35. The number of likely N-dealkylation sites (tertiary alicyclic amines) is 2. The molecule has 0 radical (unpaired) electrons. The predicted octanol–water partition coefficient (Wildman–Crippen LogP) is 3.25. The van der Waals surface area contributed by atoms with E-state index < -0.39 is 17.0 Å². The number of hydrogen-bond acceptors (Lipinski definition) is 6. The van der Waals surface area contributed by atoms with E-state index in [0.717, 1.165) is 31.5 Å². The highest BCUT2D eigenvalue weighted by Crippen LogP contribution is 2.74. The van der Waals surface area contributed by atoms with Crippen molar-refractivity contribution in [2.45, 2.75) is 43.5 Å². The van der Waals surface area contributed by atoms with E-state index in [9.17, 15) is 13.2 Å². The first-order valence-corrected chi connectivity index (χ1v) is 10.3. The smallest absolute Gasteiger partial charge is 0.414 e. The Morgan fingerprint density at radius 3 is 2.57 bits per heavy atom. The Morgan fingerprint density at radius 1 is 1.13 bits per heavy atom. The van der Waals surface area contributed by atoms with Gasteiger partial charge in [0.05, 0.1) is 10.8 Å². The number of hydrogen-bond donors (Lipinski definition) is 0. The van der Waals surface area contributed by atoms with E-state index in [1.165, 1.54) is 0 Å². The van der Waals surface area contributed by atoms with Gasteiger partial charge >= 0.3 is 12.3 Å². The summed E-state index contributed by atoms with van der Waals surface area (Å²) in [6.45, 7) is 2.46. The first-order valence-electron chi connectivity index (χ1n) is 10.3. The van der Waals surface area contributed by atoms with Gasteiger partial charge in [0.1, 0.15) is 6.10 Å². The van der Waals surface area contributed by atoms with Gasteiger partial charge in [-0.15, -0.1) is 5.10 Å². The lowest BCUT2D eigenvalue weighted by molar-refractivity contribution is -0.190. The van der Waals surface area contributed by atoms with E-state index in [-0.39, 0.29) is 37.6 Å². The van der Waals surface area contributed by atoms with Crippen molar-refractivity contribution in [2.75, 3.05) is 33.2 Å². The predicted molar refractivity (Wildman–Crippen MR) is 102 cm³/mol. The standard InChI is InChI=1S/C21H25F3N4O2/c1-27-9-7-16(8-10-27)29-18-26-25-17(30-18)19-12-20(19,21(22,23)24)14-28(13-19)11-15-5-3-2-4-6-15/h2-6,16H,7-14H2,1H3/t19-,20-/m0/s1. The molecular formula is C21H25F3N4O2. The van der Waals surface area contributed by atoms with E-state index in [2.05, 4.69) is 15.1 Å². The quantitative estimate of drug-likeness (QED) is 0.738. The number of ether oxygens (including phenoxy) is 1. The topological polar surface area (TPSA) is 54.6 Å². The summed E-state index contributed by atoms with van der Waals surface area (Å²) >= 11 is 0. The van der Waals surface area contributed by atoms with Crippen LogP contribution >= 0.6 is 0 Å². The molecule has 6 nitrogen and oxygen atoms in total. The van der Waals surface area contributed by atoms with Crippen LogP contribution in [0, 0.1) is 5.41 Å². The second-order valence-electron chi connectivity index (χ2n) is 8.96. The Kier molecular flexibility index (Phi) is 4.59. The Labute approximate surface area is 173 Å². The highest BCUT2D eigenvalue weighted by Gasteiger charge is 2.85. The number of halogens is 3. The molecule has 0 unspecified atom stereocenters. The van der Waals surface area contributed by atoms with E-state index in [1.807, 2.05) is 42.3 Å². The highest BCUT2D eigenvalue weighted by atomic mass is 19.4. The van der Waals surface area contributed by atoms with Crippen molar-refractivity contribution in [2.24, 2.45) is 5.41 Å². The third-order valence-corrected chi connectivity index (χ3v) is 6.92. The molecule has 9 heteroatoms. The maximum Gasteiger partial charge on any atom is 0.414 e. The van der Waals surface area contributed by atoms with Crippen molar-refractivity contribution >= 4 is 0 Å². The maximum absolute atomic E-state index is 14.1. The van der Waals surface area contributed by atoms with Gasteiger partial charge in [0.15, 0.2) is 0 Å². The summed E-state index contributed by atoms with van der Waals surface area (Å²) in [4.78, 5) is 4.05. The van der Waals surface area contributed by atoms with Crippen LogP contribution in [0.4, 0.5) is 13.2 Å². The Balaban J connectivity index is 1.34. The van der Waals surface area contributed by atoms with Gasteiger partial charge in [0.2, 0.25) is 5.89 Å². The largest absolute Gasteiger partial charge is 0.446 e. The molecule has 0 spiro atoms. The fourth-order valence-electron chi connectivity index (χ4n) is 5.16. The SMILES string of the molecule is CN1CCC(Oc2nnc([C@]34CN(Cc5ccccc5)C[C@@]3(C(F)(F)F)C4)o2)CC1. The molecule has 2 aromatic rings. The Bertz CT molecular complexity index is 897. The van der Waals surface area contributed by atoms with Crippen LogP contribution < -0.4 is 4.74 Å². The summed E-state index contributed by atoms with van der Waals surface area (Å²) < 4.78 is 53.7. The van der Waals surface area contributed by atoms with Crippen LogP contribution in [0.5, 0.6) is 6.08 Å². The van der Waals surface area contributed by atoms with Crippen molar-refractivity contribution in [1.82, 2.24) is 20.0 Å². The molecule has 2 aliphatic heterocycles. The fraction of sp³-hybridized carbons (Fsp3) is 0.619. The molecule has 3 aliphatic rings. The van der Waals surface area contributed by atoms with Gasteiger partial charge in [-0.2, -0.15) is 13.2 Å². The molecule has 162 valence electrons. The molecule has 1 aromatic heterocycles. The van der Waals surface area contributed by atoms with E-state index >= 15 is 0 Å². The summed E-state index contributed by atoms with van der Waals surface area (Å²) in [6, 6.07) is 9.54. The highest BCUT2D eigenvalue weighted by molar-refractivity contribution is 5.36. The number of piperidine rings is 2. The zero-order valence-corrected chi connectivity index (χ0v) is 16.9. The third-order valence-electron chi connectivity index (χ3n) is 6.92. The van der Waals surface area contributed by atoms with Gasteiger partial charge in [-0.05, 0) is 31.9 Å². The summed E-state index contributed by atoms with van der Waals surface area (Å²) in [7, 11) is 2.05. The van der Waals surface area contributed by atoms with Gasteiger partial charge in [0.25, 0.3) is 0 Å². The second-order valence-corrected chi connectivity index (χ2v) is 8.96. The second kappa shape index (κ2) is 6.95. The molecule has 3 fully saturated rings. The number of alkyl halides is 3. The molecule has 2 atom stereocenters. The molecule has 0 N–H and O–H groups in total. The van der Waals surface area contributed by atoms with E-state index in [1.54, 1.807) is 0 Å². The molecule has 1 aromatic carbocycles. The molecule has 5 rings (SSSR count). The van der Waals surface area contributed by atoms with Crippen molar-refractivity contribution in [3.63, 3.8) is 0 Å². The van der Waals surface area contributed by atoms with Crippen molar-refractivity contribution in [1.29, 1.82) is 0 Å². The molecule has 1 saturated carbocycles. The number of fused-ring (bicyclic) bond motifs is 1. The summed E-state index contributed by atoms with van der Waals surface area (Å²) in [5, 5.41) is 7.94. The van der Waals surface area contributed by atoms with Gasteiger partial charge in [-0.1, -0.05) is 35.4 Å². The van der Waals surface area contributed by atoms with Crippen molar-refractivity contribution in [3.05, 3.63) is 41.8 Å². The van der Waals surface area contributed by atoms with Crippen LogP contribution in [0.25, 0.3) is 0 Å². The minimum atomic E-state index is -4.33. The molecule has 30 heavy (non-hydrogen) atoms. The van der Waals surface area contributed by atoms with Crippen LogP contribution in [-0.4, -0.2) is 65.5 Å². The van der Waals surface area contributed by atoms with Gasteiger partial charge < -0.3 is 14.1 Å². The zero-order chi connectivity index (χ0) is 21.0. The lowest BCUT2D eigenvalue weighted by Gasteiger charge is -2.27. The Hall–Kier alpha value is -2.13. The molecular weight excluding hydrogens is 397 g/mol. The molecule has 2 saturated heterocycles. The number of benzene rings is 1. The fourth-order valence-corrected chi connectivity index (χ4v) is 5.16. The van der Waals surface area contributed by atoms with E-state index in [0.29, 0.717) is 6.54 Å². The van der Waals surface area contributed by atoms with Crippen molar-refractivity contribution in [3.8, 4) is 6.08 Å². The van der Waals surface area contributed by atoms with Gasteiger partial charge in [0, 0.05) is 32.7 Å². The minimum absolute atomic E-state index is 0.00928. The first kappa shape index (κ1) is 19.8. The van der Waals surface area contributed by atoms with Crippen LogP contribution in [0.2, 0.25) is 0 Å². The first-order chi connectivity index (χ1) is 14.3. The van der Waals surface area contributed by atoms with Crippen LogP contribution in [0.3, 0.4) is 0 Å². The lowest BCUT2D eigenvalue weighted by atomic mass is 9.95. The van der Waals surface area contributed by atoms with Crippen molar-refractivity contribution < 1.29 is 22.3 Å². The number of aromatic nitrogens is 2. The monoisotopic (exact) mass is 422 g/mol. The minimum Gasteiger partial charge on any atom is -0.446 e.